The van der Waals surface area contributed by atoms with E-state index in [-0.39, 0.29) is 0 Å². The van der Waals surface area contributed by atoms with Crippen molar-refractivity contribution in [3.63, 3.8) is 0 Å². The van der Waals surface area contributed by atoms with Gasteiger partial charge in [-0.25, -0.2) is 13.2 Å². The lowest BCUT2D eigenvalue weighted by Gasteiger charge is -2.17. The third-order valence-electron chi connectivity index (χ3n) is 4.47. The van der Waals surface area contributed by atoms with Crippen molar-refractivity contribution in [1.82, 2.24) is 0 Å². The van der Waals surface area contributed by atoms with Gasteiger partial charge in [-0.2, -0.15) is 0 Å². The van der Waals surface area contributed by atoms with Gasteiger partial charge in [0, 0.05) is 0 Å². The van der Waals surface area contributed by atoms with E-state index in [1.54, 1.807) is 60.7 Å². The molecule has 2 nitrogen and oxygen atoms in total. The molecule has 0 spiro atoms. The Bertz CT molecular complexity index is 857. The molecule has 0 N–H and O–H groups in total. The zero-order valence-corrected chi connectivity index (χ0v) is 15.1. The van der Waals surface area contributed by atoms with Crippen LogP contribution in [0.2, 0.25) is 0 Å². The summed E-state index contributed by atoms with van der Waals surface area (Å²) in [6.45, 7) is -1.79. The standard InChI is InChI=1S/C23H19F3O2/c24-13-16-1-7-19(8-2-16)22(20-9-3-17(14-25)4-10-20)23(27)28-21-11-5-18(15-26)6-12-21/h1-12,22H,13-15H2. The van der Waals surface area contributed by atoms with Crippen molar-refractivity contribution < 1.29 is 22.7 Å². The van der Waals surface area contributed by atoms with Crippen molar-refractivity contribution in [3.05, 3.63) is 101 Å². The number of halogens is 3. The van der Waals surface area contributed by atoms with Crippen LogP contribution in [0.4, 0.5) is 13.2 Å². The summed E-state index contributed by atoms with van der Waals surface area (Å²) in [5.74, 6) is -0.995. The van der Waals surface area contributed by atoms with E-state index in [0.717, 1.165) is 0 Å². The lowest BCUT2D eigenvalue weighted by molar-refractivity contribution is -0.135. The van der Waals surface area contributed by atoms with Crippen molar-refractivity contribution in [3.8, 4) is 5.75 Å². The number of carbonyl (C=O) groups is 1. The van der Waals surface area contributed by atoms with Crippen molar-refractivity contribution in [2.75, 3.05) is 0 Å². The lowest BCUT2D eigenvalue weighted by atomic mass is 9.90. The van der Waals surface area contributed by atoms with Crippen molar-refractivity contribution >= 4 is 5.97 Å². The molecule has 0 saturated carbocycles. The highest BCUT2D eigenvalue weighted by atomic mass is 19.1. The molecule has 144 valence electrons. The van der Waals surface area contributed by atoms with E-state index in [1.807, 2.05) is 0 Å². The van der Waals surface area contributed by atoms with Crippen LogP contribution in [-0.4, -0.2) is 5.97 Å². The molecule has 0 saturated heterocycles. The highest BCUT2D eigenvalue weighted by Gasteiger charge is 2.25. The summed E-state index contributed by atoms with van der Waals surface area (Å²) < 4.78 is 43.8. The summed E-state index contributed by atoms with van der Waals surface area (Å²) in [7, 11) is 0. The van der Waals surface area contributed by atoms with Gasteiger partial charge in [0.25, 0.3) is 0 Å². The summed E-state index contributed by atoms with van der Waals surface area (Å²) in [6.07, 6.45) is 0. The fraction of sp³-hybridized carbons (Fsp3) is 0.174. The van der Waals surface area contributed by atoms with Gasteiger partial charge in [0.15, 0.2) is 0 Å². The molecule has 0 radical (unpaired) electrons. The minimum Gasteiger partial charge on any atom is -0.426 e. The molecular weight excluding hydrogens is 365 g/mol. The Morgan fingerprint density at radius 2 is 1.00 bits per heavy atom. The Morgan fingerprint density at radius 3 is 1.36 bits per heavy atom. The molecule has 3 aromatic carbocycles. The number of hydrogen-bond acceptors (Lipinski definition) is 2. The topological polar surface area (TPSA) is 26.3 Å². The molecule has 0 unspecified atom stereocenters. The first-order valence-corrected chi connectivity index (χ1v) is 8.80. The van der Waals surface area contributed by atoms with Gasteiger partial charge in [-0.3, -0.25) is 4.79 Å². The highest BCUT2D eigenvalue weighted by molar-refractivity contribution is 5.84. The van der Waals surface area contributed by atoms with E-state index < -0.39 is 31.9 Å². The summed E-state index contributed by atoms with van der Waals surface area (Å²) in [5, 5.41) is 0. The van der Waals surface area contributed by atoms with E-state index in [0.29, 0.717) is 33.6 Å². The van der Waals surface area contributed by atoms with Crippen LogP contribution in [0.1, 0.15) is 33.7 Å². The Morgan fingerprint density at radius 1 is 0.643 bits per heavy atom. The maximum absolute atomic E-state index is 12.9. The monoisotopic (exact) mass is 384 g/mol. The largest absolute Gasteiger partial charge is 0.426 e. The van der Waals surface area contributed by atoms with Gasteiger partial charge in [-0.1, -0.05) is 60.7 Å². The maximum atomic E-state index is 12.9. The molecule has 0 fully saturated rings. The SMILES string of the molecule is O=C(Oc1ccc(CF)cc1)C(c1ccc(CF)cc1)c1ccc(CF)cc1. The average molecular weight is 384 g/mol. The van der Waals surface area contributed by atoms with Gasteiger partial charge in [0.05, 0.1) is 0 Å². The zero-order valence-electron chi connectivity index (χ0n) is 15.1. The van der Waals surface area contributed by atoms with E-state index in [2.05, 4.69) is 0 Å². The van der Waals surface area contributed by atoms with Gasteiger partial charge in [-0.15, -0.1) is 0 Å². The molecule has 3 rings (SSSR count). The molecule has 0 aliphatic rings. The van der Waals surface area contributed by atoms with Crippen molar-refractivity contribution in [1.29, 1.82) is 0 Å². The number of benzene rings is 3. The first kappa shape index (κ1) is 19.7. The van der Waals surface area contributed by atoms with Gasteiger partial charge >= 0.3 is 5.97 Å². The number of esters is 1. The minimum absolute atomic E-state index is 0.299. The number of alkyl halides is 3. The first-order chi connectivity index (χ1) is 13.6. The molecule has 0 bridgehead atoms. The van der Waals surface area contributed by atoms with Crippen LogP contribution in [-0.2, 0) is 24.8 Å². The summed E-state index contributed by atoms with van der Waals surface area (Å²) in [5.41, 5.74) is 2.77. The fourth-order valence-electron chi connectivity index (χ4n) is 2.88. The molecule has 5 heteroatoms. The molecule has 0 atom stereocenters. The molecular formula is C23H19F3O2. The van der Waals surface area contributed by atoms with Crippen molar-refractivity contribution in [2.45, 2.75) is 25.9 Å². The number of hydrogen-bond donors (Lipinski definition) is 0. The zero-order chi connectivity index (χ0) is 19.9. The van der Waals surface area contributed by atoms with Crippen LogP contribution in [0, 0.1) is 0 Å². The second-order valence-corrected chi connectivity index (χ2v) is 6.38. The minimum atomic E-state index is -0.761. The smallest absolute Gasteiger partial charge is 0.323 e. The molecule has 0 amide bonds. The summed E-state index contributed by atoms with van der Waals surface area (Å²) >= 11 is 0. The average Bonchev–Trinajstić information content (AvgIpc) is 2.75. The Hall–Kier alpha value is -3.08. The molecule has 0 aliphatic heterocycles. The van der Waals surface area contributed by atoms with Crippen LogP contribution in [0.15, 0.2) is 72.8 Å². The lowest BCUT2D eigenvalue weighted by Crippen LogP contribution is -2.20. The Labute approximate surface area is 161 Å². The van der Waals surface area contributed by atoms with Gasteiger partial charge < -0.3 is 4.74 Å². The highest BCUT2D eigenvalue weighted by Crippen LogP contribution is 2.28. The normalized spacial score (nSPS) is 10.9. The van der Waals surface area contributed by atoms with Gasteiger partial charge in [0.1, 0.15) is 31.7 Å². The predicted molar refractivity (Wildman–Crippen MR) is 101 cm³/mol. The second kappa shape index (κ2) is 9.22. The molecule has 3 aromatic rings. The van der Waals surface area contributed by atoms with Crippen LogP contribution < -0.4 is 4.74 Å². The van der Waals surface area contributed by atoms with Gasteiger partial charge in [0.2, 0.25) is 0 Å². The maximum Gasteiger partial charge on any atom is 0.323 e. The van der Waals surface area contributed by atoms with E-state index in [1.165, 1.54) is 12.1 Å². The van der Waals surface area contributed by atoms with E-state index in [9.17, 15) is 18.0 Å². The third kappa shape index (κ3) is 4.60. The number of carbonyl (C=O) groups excluding carboxylic acids is 1. The summed E-state index contributed by atoms with van der Waals surface area (Å²) in [6, 6.07) is 19.3. The van der Waals surface area contributed by atoms with Crippen LogP contribution in [0.3, 0.4) is 0 Å². The van der Waals surface area contributed by atoms with Crippen LogP contribution >= 0.6 is 0 Å². The fourth-order valence-corrected chi connectivity index (χ4v) is 2.88. The second-order valence-electron chi connectivity index (χ2n) is 6.38. The number of rotatable bonds is 7. The van der Waals surface area contributed by atoms with Crippen LogP contribution in [0.5, 0.6) is 5.75 Å². The van der Waals surface area contributed by atoms with Gasteiger partial charge in [-0.05, 0) is 39.9 Å². The van der Waals surface area contributed by atoms with E-state index >= 15 is 0 Å². The Balaban J connectivity index is 1.92. The number of ether oxygens (including phenoxy) is 1. The first-order valence-electron chi connectivity index (χ1n) is 8.80. The summed E-state index contributed by atoms with van der Waals surface area (Å²) in [4.78, 5) is 12.9. The predicted octanol–water partition coefficient (Wildman–Crippen LogP) is 5.83. The quantitative estimate of drug-likeness (QED) is 0.378. The Kier molecular flexibility index (Phi) is 6.48. The third-order valence-corrected chi connectivity index (χ3v) is 4.47. The van der Waals surface area contributed by atoms with Crippen molar-refractivity contribution in [2.24, 2.45) is 0 Å². The molecule has 28 heavy (non-hydrogen) atoms. The van der Waals surface area contributed by atoms with Crippen LogP contribution in [0.25, 0.3) is 0 Å². The molecule has 0 aromatic heterocycles. The molecule has 0 heterocycles. The van der Waals surface area contributed by atoms with E-state index in [4.69, 9.17) is 4.74 Å². The molecule has 0 aliphatic carbocycles.